The molecule has 1 aliphatic heterocycles. The van der Waals surface area contributed by atoms with Crippen LogP contribution in [0.25, 0.3) is 10.8 Å². The molecule has 0 aromatic heterocycles. The number of ether oxygens (including phenoxy) is 1. The predicted octanol–water partition coefficient (Wildman–Crippen LogP) is 3.70. The number of rotatable bonds is 5. The van der Waals surface area contributed by atoms with E-state index in [2.05, 4.69) is 24.8 Å². The van der Waals surface area contributed by atoms with Gasteiger partial charge < -0.3 is 9.64 Å². The number of carbonyl (C=O) groups excluding carboxylic acids is 2. The molecule has 1 atom stereocenters. The first kappa shape index (κ1) is 17.2. The van der Waals surface area contributed by atoms with Gasteiger partial charge in [-0.3, -0.25) is 9.59 Å². The van der Waals surface area contributed by atoms with E-state index in [1.807, 2.05) is 24.3 Å². The molecule has 0 radical (unpaired) electrons. The Morgan fingerprint density at radius 1 is 1.28 bits per heavy atom. The summed E-state index contributed by atoms with van der Waals surface area (Å²) in [6.07, 6.45) is 2.83. The van der Waals surface area contributed by atoms with Crippen molar-refractivity contribution in [3.63, 3.8) is 0 Å². The summed E-state index contributed by atoms with van der Waals surface area (Å²) in [7, 11) is 0. The minimum absolute atomic E-state index is 0.130. The van der Waals surface area contributed by atoms with Gasteiger partial charge in [-0.1, -0.05) is 55.1 Å². The molecule has 0 aliphatic carbocycles. The second-order valence-electron chi connectivity index (χ2n) is 6.69. The van der Waals surface area contributed by atoms with Gasteiger partial charge in [0.2, 0.25) is 5.91 Å². The number of hydrogen-bond acceptors (Lipinski definition) is 3. The third-order valence-electron chi connectivity index (χ3n) is 4.89. The van der Waals surface area contributed by atoms with Gasteiger partial charge >= 0.3 is 5.97 Å². The van der Waals surface area contributed by atoms with Crippen LogP contribution in [-0.2, 0) is 20.9 Å². The van der Waals surface area contributed by atoms with E-state index in [4.69, 9.17) is 4.74 Å². The molecule has 1 aliphatic rings. The van der Waals surface area contributed by atoms with Crippen molar-refractivity contribution >= 4 is 22.6 Å². The average molecular weight is 337 g/mol. The van der Waals surface area contributed by atoms with E-state index < -0.39 is 11.4 Å². The van der Waals surface area contributed by atoms with Crippen LogP contribution in [0.1, 0.15) is 25.3 Å². The maximum absolute atomic E-state index is 13.0. The number of benzene rings is 2. The predicted molar refractivity (Wildman–Crippen MR) is 97.9 cm³/mol. The molecule has 1 saturated heterocycles. The third kappa shape index (κ3) is 3.29. The average Bonchev–Trinajstić information content (AvgIpc) is 2.63. The number of likely N-dealkylation sites (tertiary alicyclic amines) is 1. The summed E-state index contributed by atoms with van der Waals surface area (Å²) in [5.41, 5.74) is -0.0126. The molecule has 1 heterocycles. The Morgan fingerprint density at radius 2 is 2.04 bits per heavy atom. The summed E-state index contributed by atoms with van der Waals surface area (Å²) >= 11 is 0. The molecule has 0 spiro atoms. The van der Waals surface area contributed by atoms with Crippen molar-refractivity contribution in [3.05, 3.63) is 60.7 Å². The molecular formula is C21H23NO3. The summed E-state index contributed by atoms with van der Waals surface area (Å²) in [6, 6.07) is 14.2. The van der Waals surface area contributed by atoms with Crippen LogP contribution >= 0.6 is 0 Å². The van der Waals surface area contributed by atoms with Crippen LogP contribution in [0.5, 0.6) is 0 Å². The second-order valence-corrected chi connectivity index (χ2v) is 6.69. The van der Waals surface area contributed by atoms with Crippen molar-refractivity contribution in [2.75, 3.05) is 13.2 Å². The first-order valence-electron chi connectivity index (χ1n) is 8.60. The van der Waals surface area contributed by atoms with Gasteiger partial charge in [-0.25, -0.2) is 0 Å². The Bertz CT molecular complexity index is 808. The quantitative estimate of drug-likeness (QED) is 0.475. The first-order chi connectivity index (χ1) is 12.1. The lowest BCUT2D eigenvalue weighted by molar-refractivity contribution is -0.167. The van der Waals surface area contributed by atoms with Crippen LogP contribution in [0.3, 0.4) is 0 Å². The minimum atomic E-state index is -1.11. The summed E-state index contributed by atoms with van der Waals surface area (Å²) in [6.45, 7) is 6.53. The Kier molecular flexibility index (Phi) is 4.88. The van der Waals surface area contributed by atoms with E-state index in [1.54, 1.807) is 11.8 Å². The fraction of sp³-hybridized carbons (Fsp3) is 0.333. The minimum Gasteiger partial charge on any atom is -0.461 e. The molecule has 4 nitrogen and oxygen atoms in total. The molecule has 4 heteroatoms. The van der Waals surface area contributed by atoms with Gasteiger partial charge in [-0.15, -0.1) is 0 Å². The lowest BCUT2D eigenvalue weighted by Gasteiger charge is -2.37. The van der Waals surface area contributed by atoms with Crippen LogP contribution in [0.4, 0.5) is 0 Å². The molecule has 2 aromatic carbocycles. The molecule has 0 saturated carbocycles. The number of esters is 1. The zero-order valence-electron chi connectivity index (χ0n) is 14.5. The van der Waals surface area contributed by atoms with Crippen LogP contribution in [-0.4, -0.2) is 29.9 Å². The van der Waals surface area contributed by atoms with Crippen LogP contribution in [0, 0.1) is 5.41 Å². The van der Waals surface area contributed by atoms with Gasteiger partial charge in [0.1, 0.15) is 12.0 Å². The van der Waals surface area contributed by atoms with Gasteiger partial charge in [-0.2, -0.15) is 0 Å². The Hall–Kier alpha value is -2.62. The SMILES string of the molecule is C=CCOC(=O)C1(C)CCCN(Cc2cccc3ccccc23)C1=O. The van der Waals surface area contributed by atoms with E-state index in [9.17, 15) is 9.59 Å². The number of carbonyl (C=O) groups is 2. The van der Waals surface area contributed by atoms with Crippen molar-refractivity contribution in [3.8, 4) is 0 Å². The summed E-state index contributed by atoms with van der Waals surface area (Å²) in [4.78, 5) is 27.2. The number of hydrogen-bond donors (Lipinski definition) is 0. The molecule has 3 rings (SSSR count). The highest BCUT2D eigenvalue weighted by atomic mass is 16.5. The second kappa shape index (κ2) is 7.09. The van der Waals surface area contributed by atoms with E-state index in [0.717, 1.165) is 22.8 Å². The van der Waals surface area contributed by atoms with Gasteiger partial charge in [-0.05, 0) is 36.1 Å². The maximum atomic E-state index is 13.0. The van der Waals surface area contributed by atoms with Gasteiger partial charge in [0.05, 0.1) is 0 Å². The highest BCUT2D eigenvalue weighted by Crippen LogP contribution is 2.33. The normalized spacial score (nSPS) is 20.5. The van der Waals surface area contributed by atoms with E-state index in [0.29, 0.717) is 19.5 Å². The van der Waals surface area contributed by atoms with E-state index in [1.165, 1.54) is 6.08 Å². The highest BCUT2D eigenvalue weighted by Gasteiger charge is 2.47. The summed E-state index contributed by atoms with van der Waals surface area (Å²) in [5, 5.41) is 2.29. The fourth-order valence-corrected chi connectivity index (χ4v) is 3.45. The Morgan fingerprint density at radius 3 is 2.84 bits per heavy atom. The van der Waals surface area contributed by atoms with Crippen LogP contribution in [0.2, 0.25) is 0 Å². The maximum Gasteiger partial charge on any atom is 0.321 e. The van der Waals surface area contributed by atoms with E-state index in [-0.39, 0.29) is 12.5 Å². The van der Waals surface area contributed by atoms with Crippen LogP contribution < -0.4 is 0 Å². The largest absolute Gasteiger partial charge is 0.461 e. The third-order valence-corrected chi connectivity index (χ3v) is 4.89. The zero-order valence-corrected chi connectivity index (χ0v) is 14.5. The van der Waals surface area contributed by atoms with Crippen molar-refractivity contribution in [2.24, 2.45) is 5.41 Å². The molecule has 1 fully saturated rings. The standard InChI is InChI=1S/C21H23NO3/c1-3-14-25-20(24)21(2)12-7-13-22(19(21)23)15-17-10-6-9-16-8-4-5-11-18(16)17/h3-6,8-11H,1,7,12-15H2,2H3. The van der Waals surface area contributed by atoms with Crippen molar-refractivity contribution in [1.82, 2.24) is 4.90 Å². The monoisotopic (exact) mass is 337 g/mol. The van der Waals surface area contributed by atoms with E-state index >= 15 is 0 Å². The van der Waals surface area contributed by atoms with Crippen molar-refractivity contribution in [2.45, 2.75) is 26.3 Å². The van der Waals surface area contributed by atoms with Crippen molar-refractivity contribution in [1.29, 1.82) is 0 Å². The highest BCUT2D eigenvalue weighted by molar-refractivity contribution is 6.02. The molecule has 25 heavy (non-hydrogen) atoms. The fourth-order valence-electron chi connectivity index (χ4n) is 3.45. The topological polar surface area (TPSA) is 46.6 Å². The first-order valence-corrected chi connectivity index (χ1v) is 8.60. The molecule has 0 bridgehead atoms. The number of fused-ring (bicyclic) bond motifs is 1. The molecule has 2 aromatic rings. The van der Waals surface area contributed by atoms with Gasteiger partial charge in [0.15, 0.2) is 0 Å². The van der Waals surface area contributed by atoms with Gasteiger partial charge in [0, 0.05) is 13.1 Å². The molecule has 1 amide bonds. The number of nitrogens with zero attached hydrogens (tertiary/aromatic N) is 1. The molecule has 130 valence electrons. The molecule has 0 N–H and O–H groups in total. The Labute approximate surface area is 148 Å². The molecule has 1 unspecified atom stereocenters. The van der Waals surface area contributed by atoms with Gasteiger partial charge in [0.25, 0.3) is 0 Å². The van der Waals surface area contributed by atoms with Crippen molar-refractivity contribution < 1.29 is 14.3 Å². The number of amides is 1. The smallest absolute Gasteiger partial charge is 0.321 e. The zero-order chi connectivity index (χ0) is 17.9. The molecular weight excluding hydrogens is 314 g/mol. The number of piperidine rings is 1. The summed E-state index contributed by atoms with van der Waals surface area (Å²) < 4.78 is 5.17. The Balaban J connectivity index is 1.84. The lowest BCUT2D eigenvalue weighted by atomic mass is 9.80. The summed E-state index contributed by atoms with van der Waals surface area (Å²) in [5.74, 6) is -0.610. The lowest BCUT2D eigenvalue weighted by Crippen LogP contribution is -2.51. The van der Waals surface area contributed by atoms with Crippen LogP contribution in [0.15, 0.2) is 55.1 Å².